The third-order valence-electron chi connectivity index (χ3n) is 3.59. The van der Waals surface area contributed by atoms with E-state index in [9.17, 15) is 4.79 Å². The van der Waals surface area contributed by atoms with Gasteiger partial charge in [-0.1, -0.05) is 12.1 Å². The maximum atomic E-state index is 12.1. The average molecular weight is 270 g/mol. The summed E-state index contributed by atoms with van der Waals surface area (Å²) in [5.41, 5.74) is 6.44. The number of aromatic nitrogens is 1. The number of fused-ring (bicyclic) bond motifs is 1. The molecule has 0 spiro atoms. The first-order chi connectivity index (χ1) is 9.77. The Morgan fingerprint density at radius 3 is 2.95 bits per heavy atom. The lowest BCUT2D eigenvalue weighted by atomic mass is 10.1. The number of carbonyl (C=O) groups is 1. The maximum Gasteiger partial charge on any atom is 0.242 e. The normalized spacial score (nSPS) is 24.8. The second kappa shape index (κ2) is 4.08. The molecule has 6 nitrogen and oxygen atoms in total. The molecule has 2 aliphatic rings. The van der Waals surface area contributed by atoms with E-state index in [1.54, 1.807) is 12.3 Å². The van der Waals surface area contributed by atoms with Gasteiger partial charge in [-0.15, -0.1) is 0 Å². The second-order valence-corrected chi connectivity index (χ2v) is 5.16. The van der Waals surface area contributed by atoms with Crippen molar-refractivity contribution in [3.8, 4) is 0 Å². The molecule has 2 heterocycles. The van der Waals surface area contributed by atoms with Gasteiger partial charge in [0.2, 0.25) is 17.5 Å². The molecular weight excluding hydrogens is 256 g/mol. The van der Waals surface area contributed by atoms with E-state index in [1.165, 1.54) is 0 Å². The number of amides is 1. The van der Waals surface area contributed by atoms with Crippen molar-refractivity contribution in [1.29, 1.82) is 0 Å². The van der Waals surface area contributed by atoms with Crippen LogP contribution in [0.2, 0.25) is 0 Å². The molecule has 2 aromatic rings. The van der Waals surface area contributed by atoms with Crippen LogP contribution in [-0.4, -0.2) is 10.9 Å². The zero-order chi connectivity index (χ0) is 13.6. The molecule has 0 saturated heterocycles. The molecule has 0 bridgehead atoms. The minimum Gasteiger partial charge on any atom is -0.436 e. The van der Waals surface area contributed by atoms with E-state index in [0.29, 0.717) is 11.5 Å². The highest BCUT2D eigenvalue weighted by atomic mass is 16.4. The summed E-state index contributed by atoms with van der Waals surface area (Å²) in [5.74, 6) is 0.564. The monoisotopic (exact) mass is 270 g/mol. The van der Waals surface area contributed by atoms with Crippen LogP contribution < -0.4 is 16.2 Å². The van der Waals surface area contributed by atoms with E-state index < -0.39 is 5.66 Å². The lowest BCUT2D eigenvalue weighted by molar-refractivity contribution is -0.124. The Morgan fingerprint density at radius 2 is 2.25 bits per heavy atom. The minimum absolute atomic E-state index is 0.0214. The number of hydrogen-bond acceptors (Lipinski definition) is 5. The van der Waals surface area contributed by atoms with Crippen LogP contribution in [0.4, 0.5) is 0 Å². The third-order valence-corrected chi connectivity index (χ3v) is 3.59. The molecule has 3 N–H and O–H groups in total. The standard InChI is InChI=1S/C14H14N4O2/c19-12(9-5-6-9)17-14(7-8-15-18-14)13-16-10-3-1-2-4-11(10)20-13/h1-4,7-9,15,18H,5-6H2,(H,17,19). The quantitative estimate of drug-likeness (QED) is 0.779. The van der Waals surface area contributed by atoms with Gasteiger partial charge in [-0.2, -0.15) is 0 Å². The number of para-hydroxylation sites is 2. The van der Waals surface area contributed by atoms with E-state index in [4.69, 9.17) is 4.42 Å². The molecule has 6 heteroatoms. The van der Waals surface area contributed by atoms with E-state index in [-0.39, 0.29) is 11.8 Å². The number of benzene rings is 1. The predicted molar refractivity (Wildman–Crippen MR) is 72.0 cm³/mol. The van der Waals surface area contributed by atoms with Gasteiger partial charge in [0.05, 0.1) is 0 Å². The van der Waals surface area contributed by atoms with Crippen LogP contribution in [0.3, 0.4) is 0 Å². The number of nitrogens with zero attached hydrogens (tertiary/aromatic N) is 1. The summed E-state index contributed by atoms with van der Waals surface area (Å²) in [7, 11) is 0. The number of rotatable bonds is 3. The first-order valence-corrected chi connectivity index (χ1v) is 6.65. The van der Waals surface area contributed by atoms with Gasteiger partial charge in [0, 0.05) is 12.1 Å². The van der Waals surface area contributed by atoms with Crippen LogP contribution in [0.25, 0.3) is 11.1 Å². The first kappa shape index (κ1) is 11.5. The Hall–Kier alpha value is -2.34. The summed E-state index contributed by atoms with van der Waals surface area (Å²) in [5, 5.41) is 2.98. The maximum absolute atomic E-state index is 12.1. The molecule has 1 saturated carbocycles. The highest BCUT2D eigenvalue weighted by Gasteiger charge is 2.42. The van der Waals surface area contributed by atoms with Gasteiger partial charge in [0.1, 0.15) is 5.52 Å². The molecule has 1 aromatic heterocycles. The molecule has 102 valence electrons. The molecule has 1 aliphatic carbocycles. The average Bonchev–Trinajstić information content (AvgIpc) is 3.05. The van der Waals surface area contributed by atoms with E-state index in [1.807, 2.05) is 24.3 Å². The number of hydrogen-bond donors (Lipinski definition) is 3. The van der Waals surface area contributed by atoms with Crippen LogP contribution in [-0.2, 0) is 10.5 Å². The zero-order valence-corrected chi connectivity index (χ0v) is 10.7. The highest BCUT2D eigenvalue weighted by molar-refractivity contribution is 5.82. The lowest BCUT2D eigenvalue weighted by Crippen LogP contribution is -2.55. The first-order valence-electron chi connectivity index (χ1n) is 6.65. The number of oxazole rings is 1. The summed E-state index contributed by atoms with van der Waals surface area (Å²) in [4.78, 5) is 16.5. The Morgan fingerprint density at radius 1 is 1.40 bits per heavy atom. The van der Waals surface area contributed by atoms with Crippen LogP contribution in [0.1, 0.15) is 18.7 Å². The Kier molecular flexibility index (Phi) is 2.34. The molecule has 1 aromatic carbocycles. The Bertz CT molecular complexity index is 671. The summed E-state index contributed by atoms with van der Waals surface area (Å²) >= 11 is 0. The van der Waals surface area contributed by atoms with Crippen molar-refractivity contribution in [1.82, 2.24) is 21.2 Å². The number of hydrazine groups is 1. The van der Waals surface area contributed by atoms with Crippen molar-refractivity contribution in [3.63, 3.8) is 0 Å². The summed E-state index contributed by atoms with van der Waals surface area (Å²) in [6, 6.07) is 7.53. The smallest absolute Gasteiger partial charge is 0.242 e. The molecule has 1 atom stereocenters. The van der Waals surface area contributed by atoms with Gasteiger partial charge < -0.3 is 15.2 Å². The van der Waals surface area contributed by atoms with Crippen molar-refractivity contribution in [2.45, 2.75) is 18.5 Å². The molecule has 1 aliphatic heterocycles. The minimum atomic E-state index is -0.918. The molecule has 1 fully saturated rings. The van der Waals surface area contributed by atoms with Crippen molar-refractivity contribution in [2.24, 2.45) is 5.92 Å². The molecule has 1 unspecified atom stereocenters. The Balaban J connectivity index is 1.74. The SMILES string of the molecule is O=C(NC1(c2nc3ccccc3o2)C=CNN1)C1CC1. The molecule has 0 radical (unpaired) electrons. The topological polar surface area (TPSA) is 79.2 Å². The van der Waals surface area contributed by atoms with Crippen LogP contribution in [0.5, 0.6) is 0 Å². The van der Waals surface area contributed by atoms with E-state index in [0.717, 1.165) is 18.4 Å². The molecule has 1 amide bonds. The largest absolute Gasteiger partial charge is 0.436 e. The van der Waals surface area contributed by atoms with Crippen molar-refractivity contribution < 1.29 is 9.21 Å². The molecular formula is C14H14N4O2. The zero-order valence-electron chi connectivity index (χ0n) is 10.7. The van der Waals surface area contributed by atoms with Crippen LogP contribution >= 0.6 is 0 Å². The fourth-order valence-electron chi connectivity index (χ4n) is 2.30. The van der Waals surface area contributed by atoms with Crippen molar-refractivity contribution in [2.75, 3.05) is 0 Å². The van der Waals surface area contributed by atoms with Gasteiger partial charge in [-0.3, -0.25) is 4.79 Å². The summed E-state index contributed by atoms with van der Waals surface area (Å²) in [6.45, 7) is 0. The summed E-state index contributed by atoms with van der Waals surface area (Å²) in [6.07, 6.45) is 5.43. The van der Waals surface area contributed by atoms with Gasteiger partial charge in [-0.05, 0) is 31.1 Å². The second-order valence-electron chi connectivity index (χ2n) is 5.16. The van der Waals surface area contributed by atoms with Gasteiger partial charge in [0.25, 0.3) is 0 Å². The van der Waals surface area contributed by atoms with Crippen LogP contribution in [0, 0.1) is 5.92 Å². The van der Waals surface area contributed by atoms with Gasteiger partial charge >= 0.3 is 0 Å². The van der Waals surface area contributed by atoms with Crippen molar-refractivity contribution in [3.05, 3.63) is 42.4 Å². The fourth-order valence-corrected chi connectivity index (χ4v) is 2.30. The molecule has 4 rings (SSSR count). The van der Waals surface area contributed by atoms with Crippen LogP contribution in [0.15, 0.2) is 41.0 Å². The fraction of sp³-hybridized carbons (Fsp3) is 0.286. The summed E-state index contributed by atoms with van der Waals surface area (Å²) < 4.78 is 5.78. The Labute approximate surface area is 115 Å². The third kappa shape index (κ3) is 1.77. The van der Waals surface area contributed by atoms with Crippen molar-refractivity contribution >= 4 is 17.0 Å². The predicted octanol–water partition coefficient (Wildman–Crippen LogP) is 1.13. The number of carbonyl (C=O) groups excluding carboxylic acids is 1. The van der Waals surface area contributed by atoms with Gasteiger partial charge in [-0.25, -0.2) is 10.4 Å². The molecule has 20 heavy (non-hydrogen) atoms. The lowest BCUT2D eigenvalue weighted by Gasteiger charge is -2.25. The van der Waals surface area contributed by atoms with E-state index in [2.05, 4.69) is 21.2 Å². The number of nitrogens with one attached hydrogen (secondary N) is 3. The highest BCUT2D eigenvalue weighted by Crippen LogP contribution is 2.32. The van der Waals surface area contributed by atoms with Gasteiger partial charge in [0.15, 0.2) is 5.58 Å². The van der Waals surface area contributed by atoms with E-state index >= 15 is 0 Å².